The fourth-order valence-electron chi connectivity index (χ4n) is 4.92. The lowest BCUT2D eigenvalue weighted by atomic mass is 9.99. The number of ether oxygens (including phenoxy) is 2. The van der Waals surface area contributed by atoms with Crippen LogP contribution in [-0.4, -0.2) is 40.3 Å². The first-order valence-corrected chi connectivity index (χ1v) is 13.9. The molecule has 2 aliphatic heterocycles. The zero-order valence-corrected chi connectivity index (χ0v) is 22.3. The van der Waals surface area contributed by atoms with E-state index < -0.39 is 0 Å². The van der Waals surface area contributed by atoms with Crippen LogP contribution >= 0.6 is 22.9 Å². The summed E-state index contributed by atoms with van der Waals surface area (Å²) in [7, 11) is 0. The molecule has 0 aliphatic carbocycles. The fraction of sp³-hybridized carbons (Fsp3) is 0.345. The molecule has 1 saturated heterocycles. The quantitative estimate of drug-likeness (QED) is 0.246. The number of thiophene rings is 1. The minimum atomic E-state index is -0.352. The van der Waals surface area contributed by atoms with Crippen molar-refractivity contribution < 1.29 is 13.9 Å². The van der Waals surface area contributed by atoms with E-state index in [4.69, 9.17) is 26.1 Å². The summed E-state index contributed by atoms with van der Waals surface area (Å²) in [5, 5.41) is 0.382. The van der Waals surface area contributed by atoms with E-state index in [0.29, 0.717) is 16.7 Å². The Balaban J connectivity index is 1.12. The monoisotopic (exact) mass is 537 g/mol. The molecule has 2 aromatic carbocycles. The van der Waals surface area contributed by atoms with Crippen LogP contribution in [0.25, 0.3) is 15.9 Å². The maximum absolute atomic E-state index is 14.1. The third-order valence-electron chi connectivity index (χ3n) is 7.08. The Kier molecular flexibility index (Phi) is 7.04. The smallest absolute Gasteiger partial charge is 0.131 e. The summed E-state index contributed by atoms with van der Waals surface area (Å²) < 4.78 is 28.1. The SMILES string of the molecule is Cc1cc2nc(CN3CC=C(c4cccc(OCc5ccc(Cl)cc5F)c4)CC3)n(C[C@@H]3CCO3)c2s1. The molecule has 8 heteroatoms. The molecule has 192 valence electrons. The van der Waals surface area contributed by atoms with Crippen molar-refractivity contribution in [1.82, 2.24) is 14.5 Å². The predicted molar refractivity (Wildman–Crippen MR) is 147 cm³/mol. The lowest BCUT2D eigenvalue weighted by Gasteiger charge is -2.29. The molecule has 0 spiro atoms. The molecular weight excluding hydrogens is 509 g/mol. The molecule has 4 aromatic rings. The van der Waals surface area contributed by atoms with Crippen LogP contribution < -0.4 is 4.74 Å². The summed E-state index contributed by atoms with van der Waals surface area (Å²) >= 11 is 7.67. The Labute approximate surface area is 225 Å². The van der Waals surface area contributed by atoms with Crippen molar-refractivity contribution in [3.8, 4) is 5.75 Å². The van der Waals surface area contributed by atoms with Crippen LogP contribution in [0.2, 0.25) is 5.02 Å². The van der Waals surface area contributed by atoms with Crippen molar-refractivity contribution in [2.24, 2.45) is 0 Å². The normalized spacial score (nSPS) is 18.1. The van der Waals surface area contributed by atoms with E-state index in [1.165, 1.54) is 21.3 Å². The van der Waals surface area contributed by atoms with Gasteiger partial charge in [0, 0.05) is 35.2 Å². The molecule has 5 nitrogen and oxygen atoms in total. The van der Waals surface area contributed by atoms with Gasteiger partial charge in [-0.25, -0.2) is 9.37 Å². The van der Waals surface area contributed by atoms with E-state index in [-0.39, 0.29) is 12.4 Å². The van der Waals surface area contributed by atoms with Crippen molar-refractivity contribution in [3.63, 3.8) is 0 Å². The summed E-state index contributed by atoms with van der Waals surface area (Å²) in [6.45, 7) is 6.71. The van der Waals surface area contributed by atoms with Crippen LogP contribution in [0.5, 0.6) is 5.75 Å². The van der Waals surface area contributed by atoms with E-state index in [1.54, 1.807) is 12.1 Å². The first-order valence-electron chi connectivity index (χ1n) is 12.7. The zero-order chi connectivity index (χ0) is 25.4. The highest BCUT2D eigenvalue weighted by Crippen LogP contribution is 2.30. The Morgan fingerprint density at radius 1 is 1.22 bits per heavy atom. The van der Waals surface area contributed by atoms with Crippen molar-refractivity contribution in [2.45, 2.75) is 45.6 Å². The highest BCUT2D eigenvalue weighted by atomic mass is 35.5. The first kappa shape index (κ1) is 24.6. The van der Waals surface area contributed by atoms with Gasteiger partial charge in [0.05, 0.1) is 19.2 Å². The van der Waals surface area contributed by atoms with Gasteiger partial charge in [-0.15, -0.1) is 11.3 Å². The van der Waals surface area contributed by atoms with Crippen molar-refractivity contribution in [2.75, 3.05) is 19.7 Å². The summed E-state index contributed by atoms with van der Waals surface area (Å²) in [5.41, 5.74) is 4.04. The van der Waals surface area contributed by atoms with Crippen LogP contribution in [0, 0.1) is 12.7 Å². The number of benzene rings is 2. The van der Waals surface area contributed by atoms with E-state index >= 15 is 0 Å². The van der Waals surface area contributed by atoms with Crippen molar-refractivity contribution >= 4 is 38.9 Å². The van der Waals surface area contributed by atoms with Crippen molar-refractivity contribution in [3.05, 3.63) is 87.3 Å². The molecule has 1 atom stereocenters. The molecule has 37 heavy (non-hydrogen) atoms. The molecule has 1 fully saturated rings. The Morgan fingerprint density at radius 2 is 2.11 bits per heavy atom. The second kappa shape index (κ2) is 10.6. The molecular formula is C29H29ClFN3O2S. The molecule has 4 heterocycles. The van der Waals surface area contributed by atoms with E-state index in [0.717, 1.165) is 68.3 Å². The number of hydrogen-bond donors (Lipinski definition) is 0. The third kappa shape index (κ3) is 5.46. The molecule has 6 rings (SSSR count). The molecule has 0 amide bonds. The lowest BCUT2D eigenvalue weighted by Crippen LogP contribution is -2.33. The Hall–Kier alpha value is -2.71. The topological polar surface area (TPSA) is 39.5 Å². The summed E-state index contributed by atoms with van der Waals surface area (Å²) in [6, 6.07) is 14.9. The average Bonchev–Trinajstić information content (AvgIpc) is 3.37. The highest BCUT2D eigenvalue weighted by molar-refractivity contribution is 7.18. The largest absolute Gasteiger partial charge is 0.489 e. The van der Waals surface area contributed by atoms with Gasteiger partial charge in [0.1, 0.15) is 34.3 Å². The van der Waals surface area contributed by atoms with Gasteiger partial charge in [0.2, 0.25) is 0 Å². The number of fused-ring (bicyclic) bond motifs is 1. The molecule has 0 radical (unpaired) electrons. The number of imidazole rings is 1. The number of hydrogen-bond acceptors (Lipinski definition) is 5. The van der Waals surface area contributed by atoms with Gasteiger partial charge in [0.15, 0.2) is 0 Å². The van der Waals surface area contributed by atoms with Crippen LogP contribution in [0.15, 0.2) is 54.6 Å². The number of aryl methyl sites for hydroxylation is 1. The second-order valence-corrected chi connectivity index (χ2v) is 11.4. The number of halogens is 2. The van der Waals surface area contributed by atoms with Crippen LogP contribution in [0.3, 0.4) is 0 Å². The van der Waals surface area contributed by atoms with Gasteiger partial charge < -0.3 is 14.0 Å². The van der Waals surface area contributed by atoms with Crippen LogP contribution in [0.4, 0.5) is 4.39 Å². The lowest BCUT2D eigenvalue weighted by molar-refractivity contribution is -0.0591. The number of nitrogens with zero attached hydrogens (tertiary/aromatic N) is 3. The maximum Gasteiger partial charge on any atom is 0.131 e. The minimum Gasteiger partial charge on any atom is -0.489 e. The van der Waals surface area contributed by atoms with Gasteiger partial charge >= 0.3 is 0 Å². The van der Waals surface area contributed by atoms with Gasteiger partial charge in [0.25, 0.3) is 0 Å². The molecule has 0 N–H and O–H groups in total. The zero-order valence-electron chi connectivity index (χ0n) is 20.8. The number of rotatable bonds is 8. The summed E-state index contributed by atoms with van der Waals surface area (Å²) in [6.07, 6.45) is 4.68. The van der Waals surface area contributed by atoms with Gasteiger partial charge in [-0.3, -0.25) is 4.90 Å². The summed E-state index contributed by atoms with van der Waals surface area (Å²) in [4.78, 5) is 9.99. The molecule has 0 unspecified atom stereocenters. The average molecular weight is 538 g/mol. The third-order valence-corrected chi connectivity index (χ3v) is 8.37. The minimum absolute atomic E-state index is 0.162. The Bertz CT molecular complexity index is 1460. The van der Waals surface area contributed by atoms with Crippen LogP contribution in [0.1, 0.15) is 34.7 Å². The second-order valence-electron chi connectivity index (χ2n) is 9.73. The van der Waals surface area contributed by atoms with Gasteiger partial charge in [-0.2, -0.15) is 0 Å². The van der Waals surface area contributed by atoms with Gasteiger partial charge in [-0.1, -0.05) is 35.9 Å². The summed E-state index contributed by atoms with van der Waals surface area (Å²) in [5.74, 6) is 1.50. The van der Waals surface area contributed by atoms with E-state index in [2.05, 4.69) is 34.6 Å². The highest BCUT2D eigenvalue weighted by Gasteiger charge is 2.24. The van der Waals surface area contributed by atoms with E-state index in [1.807, 2.05) is 29.5 Å². The fourth-order valence-corrected chi connectivity index (χ4v) is 6.06. The molecule has 2 aliphatic rings. The van der Waals surface area contributed by atoms with Gasteiger partial charge in [-0.05, 0) is 61.2 Å². The van der Waals surface area contributed by atoms with Crippen molar-refractivity contribution in [1.29, 1.82) is 0 Å². The molecule has 2 aromatic heterocycles. The standard InChI is InChI=1S/C29H29ClFN3O2S/c1-19-13-27-29(37-19)34(16-25-9-12-35-25)28(32-27)17-33-10-7-20(8-11-33)21-3-2-4-24(14-21)36-18-22-5-6-23(30)15-26(22)31/h2-7,13-15,25H,8-12,16-18H2,1H3/t25-/m0/s1. The van der Waals surface area contributed by atoms with Crippen LogP contribution in [-0.2, 0) is 24.4 Å². The molecule has 0 saturated carbocycles. The van der Waals surface area contributed by atoms with E-state index in [9.17, 15) is 4.39 Å². The Morgan fingerprint density at radius 3 is 2.86 bits per heavy atom. The first-order chi connectivity index (χ1) is 18.0. The number of aromatic nitrogens is 2. The predicted octanol–water partition coefficient (Wildman–Crippen LogP) is 6.86. The molecule has 0 bridgehead atoms. The maximum atomic E-state index is 14.1.